The SMILES string of the molecule is COc1cn(CC(=O)O)c(=O)cc1-c1cc(Cl)ccc1C(F)F. The monoisotopic (exact) mass is 343 g/mol. The number of aliphatic carboxylic acids is 1. The first-order valence-electron chi connectivity index (χ1n) is 6.41. The molecule has 0 fully saturated rings. The van der Waals surface area contributed by atoms with Crippen LogP contribution in [0.3, 0.4) is 0 Å². The van der Waals surface area contributed by atoms with Crippen molar-refractivity contribution in [2.24, 2.45) is 0 Å². The molecule has 0 aliphatic heterocycles. The van der Waals surface area contributed by atoms with Gasteiger partial charge >= 0.3 is 5.97 Å². The Hall–Kier alpha value is -2.41. The highest BCUT2D eigenvalue weighted by molar-refractivity contribution is 6.30. The van der Waals surface area contributed by atoms with Gasteiger partial charge in [0.25, 0.3) is 12.0 Å². The molecule has 1 aromatic carbocycles. The Labute approximate surface area is 134 Å². The Balaban J connectivity index is 2.69. The lowest BCUT2D eigenvalue weighted by molar-refractivity contribution is -0.137. The van der Waals surface area contributed by atoms with Crippen LogP contribution < -0.4 is 10.3 Å². The molecule has 1 N–H and O–H groups in total. The second-order valence-electron chi connectivity index (χ2n) is 4.65. The second kappa shape index (κ2) is 6.78. The minimum absolute atomic E-state index is 0.0592. The fraction of sp³-hybridized carbons (Fsp3) is 0.200. The molecule has 0 aliphatic carbocycles. The molecule has 1 heterocycles. The molecule has 1 aromatic heterocycles. The van der Waals surface area contributed by atoms with E-state index in [1.807, 2.05) is 0 Å². The van der Waals surface area contributed by atoms with Crippen molar-refractivity contribution in [3.05, 3.63) is 51.4 Å². The lowest BCUT2D eigenvalue weighted by Crippen LogP contribution is -2.23. The van der Waals surface area contributed by atoms with Gasteiger partial charge in [-0.25, -0.2) is 8.78 Å². The number of alkyl halides is 2. The summed E-state index contributed by atoms with van der Waals surface area (Å²) in [7, 11) is 1.29. The maximum Gasteiger partial charge on any atom is 0.323 e. The highest BCUT2D eigenvalue weighted by Crippen LogP contribution is 2.37. The molecule has 2 rings (SSSR count). The number of pyridine rings is 1. The van der Waals surface area contributed by atoms with Crippen molar-refractivity contribution >= 4 is 17.6 Å². The van der Waals surface area contributed by atoms with E-state index in [-0.39, 0.29) is 27.5 Å². The number of aromatic nitrogens is 1. The molecule has 2 aromatic rings. The van der Waals surface area contributed by atoms with E-state index in [0.717, 1.165) is 10.6 Å². The van der Waals surface area contributed by atoms with Gasteiger partial charge in [-0.2, -0.15) is 0 Å². The van der Waals surface area contributed by atoms with Crippen LogP contribution in [0.1, 0.15) is 12.0 Å². The van der Waals surface area contributed by atoms with Gasteiger partial charge in [0, 0.05) is 22.2 Å². The molecule has 0 aliphatic rings. The van der Waals surface area contributed by atoms with Gasteiger partial charge in [0.2, 0.25) is 0 Å². The molecule has 0 atom stereocenters. The van der Waals surface area contributed by atoms with E-state index in [1.165, 1.54) is 31.5 Å². The molecule has 0 amide bonds. The van der Waals surface area contributed by atoms with Crippen LogP contribution in [0, 0.1) is 0 Å². The van der Waals surface area contributed by atoms with Crippen LogP contribution in [0.5, 0.6) is 5.75 Å². The van der Waals surface area contributed by atoms with E-state index >= 15 is 0 Å². The average Bonchev–Trinajstić information content (AvgIpc) is 2.48. The summed E-state index contributed by atoms with van der Waals surface area (Å²) >= 11 is 5.86. The van der Waals surface area contributed by atoms with Crippen LogP contribution in [-0.2, 0) is 11.3 Å². The summed E-state index contributed by atoms with van der Waals surface area (Å²) < 4.78 is 32.4. The van der Waals surface area contributed by atoms with Crippen LogP contribution >= 0.6 is 11.6 Å². The van der Waals surface area contributed by atoms with Gasteiger partial charge in [-0.1, -0.05) is 17.7 Å². The Morgan fingerprint density at radius 3 is 2.61 bits per heavy atom. The number of halogens is 3. The normalized spacial score (nSPS) is 10.8. The largest absolute Gasteiger partial charge is 0.495 e. The predicted octanol–water partition coefficient (Wildman–Crippen LogP) is 3.20. The van der Waals surface area contributed by atoms with Crippen LogP contribution in [0.4, 0.5) is 8.78 Å². The number of nitrogens with zero attached hydrogens (tertiary/aromatic N) is 1. The minimum atomic E-state index is -2.77. The minimum Gasteiger partial charge on any atom is -0.495 e. The number of rotatable bonds is 5. The summed E-state index contributed by atoms with van der Waals surface area (Å²) in [5.74, 6) is -1.12. The number of hydrogen-bond donors (Lipinski definition) is 1. The number of carboxylic acid groups (broad SMARTS) is 1. The topological polar surface area (TPSA) is 68.5 Å². The van der Waals surface area contributed by atoms with Crippen LogP contribution in [-0.4, -0.2) is 22.8 Å². The second-order valence-corrected chi connectivity index (χ2v) is 5.08. The lowest BCUT2D eigenvalue weighted by atomic mass is 10.00. The lowest BCUT2D eigenvalue weighted by Gasteiger charge is -2.14. The zero-order valence-corrected chi connectivity index (χ0v) is 12.7. The third-order valence-electron chi connectivity index (χ3n) is 3.16. The van der Waals surface area contributed by atoms with Gasteiger partial charge in [-0.15, -0.1) is 0 Å². The summed E-state index contributed by atoms with van der Waals surface area (Å²) in [6.07, 6.45) is -1.60. The zero-order valence-electron chi connectivity index (χ0n) is 11.9. The molecule has 23 heavy (non-hydrogen) atoms. The fourth-order valence-electron chi connectivity index (χ4n) is 2.15. The summed E-state index contributed by atoms with van der Waals surface area (Å²) in [6, 6.07) is 4.86. The first kappa shape index (κ1) is 17.0. The molecule has 0 unspecified atom stereocenters. The van der Waals surface area contributed by atoms with Crippen LogP contribution in [0.2, 0.25) is 5.02 Å². The molecule has 0 saturated heterocycles. The molecular weight excluding hydrogens is 332 g/mol. The number of carboxylic acids is 1. The molecule has 5 nitrogen and oxygen atoms in total. The number of benzene rings is 1. The highest BCUT2D eigenvalue weighted by Gasteiger charge is 2.19. The standard InChI is InChI=1S/C15H12ClF2NO4/c1-23-12-6-19(7-14(21)22)13(20)5-11(12)10-4-8(16)2-3-9(10)15(17)18/h2-6,15H,7H2,1H3,(H,21,22). The smallest absolute Gasteiger partial charge is 0.323 e. The van der Waals surface area contributed by atoms with Crippen LogP contribution in [0.25, 0.3) is 11.1 Å². The van der Waals surface area contributed by atoms with Crippen molar-refractivity contribution in [3.8, 4) is 16.9 Å². The predicted molar refractivity (Wildman–Crippen MR) is 80.3 cm³/mol. The molecular formula is C15H12ClF2NO4. The van der Waals surface area contributed by atoms with E-state index in [9.17, 15) is 18.4 Å². The molecule has 8 heteroatoms. The summed E-state index contributed by atoms with van der Waals surface area (Å²) in [5, 5.41) is 9.00. The maximum absolute atomic E-state index is 13.2. The third kappa shape index (κ3) is 3.68. The number of methoxy groups -OCH3 is 1. The number of hydrogen-bond acceptors (Lipinski definition) is 3. The molecule has 0 saturated carbocycles. The highest BCUT2D eigenvalue weighted by atomic mass is 35.5. The van der Waals surface area contributed by atoms with Crippen LogP contribution in [0.15, 0.2) is 35.3 Å². The van der Waals surface area contributed by atoms with Gasteiger partial charge in [0.1, 0.15) is 12.3 Å². The van der Waals surface area contributed by atoms with Gasteiger partial charge in [0.05, 0.1) is 13.3 Å². The van der Waals surface area contributed by atoms with E-state index in [1.54, 1.807) is 0 Å². The zero-order chi connectivity index (χ0) is 17.1. The molecule has 0 radical (unpaired) electrons. The van der Waals surface area contributed by atoms with E-state index in [0.29, 0.717) is 0 Å². The number of ether oxygens (including phenoxy) is 1. The van der Waals surface area contributed by atoms with Gasteiger partial charge in [-0.3, -0.25) is 9.59 Å². The van der Waals surface area contributed by atoms with Gasteiger partial charge < -0.3 is 14.4 Å². The number of carbonyl (C=O) groups is 1. The van der Waals surface area contributed by atoms with Crippen molar-refractivity contribution in [3.63, 3.8) is 0 Å². The summed E-state index contributed by atoms with van der Waals surface area (Å²) in [4.78, 5) is 22.8. The molecule has 0 spiro atoms. The third-order valence-corrected chi connectivity index (χ3v) is 3.39. The molecule has 122 valence electrons. The Morgan fingerprint density at radius 1 is 1.35 bits per heavy atom. The van der Waals surface area contributed by atoms with Gasteiger partial charge in [0.15, 0.2) is 0 Å². The van der Waals surface area contributed by atoms with Gasteiger partial charge in [-0.05, 0) is 17.7 Å². The Bertz CT molecular complexity index is 805. The Morgan fingerprint density at radius 2 is 2.04 bits per heavy atom. The average molecular weight is 344 g/mol. The summed E-state index contributed by atoms with van der Waals surface area (Å²) in [5.41, 5.74) is -0.771. The molecule has 0 bridgehead atoms. The van der Waals surface area contributed by atoms with Crippen molar-refractivity contribution in [1.29, 1.82) is 0 Å². The van der Waals surface area contributed by atoms with Crippen molar-refractivity contribution in [2.45, 2.75) is 13.0 Å². The van der Waals surface area contributed by atoms with E-state index < -0.39 is 24.5 Å². The van der Waals surface area contributed by atoms with Crippen molar-refractivity contribution in [2.75, 3.05) is 7.11 Å². The first-order valence-corrected chi connectivity index (χ1v) is 6.79. The van der Waals surface area contributed by atoms with Crippen molar-refractivity contribution in [1.82, 2.24) is 4.57 Å². The van der Waals surface area contributed by atoms with Crippen molar-refractivity contribution < 1.29 is 23.4 Å². The fourth-order valence-corrected chi connectivity index (χ4v) is 2.32. The van der Waals surface area contributed by atoms with E-state index in [2.05, 4.69) is 0 Å². The first-order chi connectivity index (χ1) is 10.8. The Kier molecular flexibility index (Phi) is 5.00. The summed E-state index contributed by atoms with van der Waals surface area (Å²) in [6.45, 7) is -0.563. The quantitative estimate of drug-likeness (QED) is 0.905. The van der Waals surface area contributed by atoms with E-state index in [4.69, 9.17) is 21.4 Å². The maximum atomic E-state index is 13.2.